The summed E-state index contributed by atoms with van der Waals surface area (Å²) in [6.07, 6.45) is 2.56. The average molecular weight is 580 g/mol. The van der Waals surface area contributed by atoms with E-state index in [1.807, 2.05) is 6.92 Å². The third kappa shape index (κ3) is 6.60. The number of ether oxygens (including phenoxy) is 4. The van der Waals surface area contributed by atoms with Gasteiger partial charge >= 0.3 is 5.97 Å². The zero-order valence-electron chi connectivity index (χ0n) is 23.4. The highest BCUT2D eigenvalue weighted by Crippen LogP contribution is 2.40. The number of nitrogens with one attached hydrogen (secondary N) is 1. The van der Waals surface area contributed by atoms with E-state index in [2.05, 4.69) is 15.3 Å². The molecule has 0 aliphatic heterocycles. The van der Waals surface area contributed by atoms with Gasteiger partial charge in [0.1, 0.15) is 12.2 Å². The number of nitrogens with zero attached hydrogens (tertiary/aromatic N) is 2. The highest BCUT2D eigenvalue weighted by Gasteiger charge is 2.19. The Hall–Kier alpha value is -4.57. The smallest absolute Gasteiger partial charge is 0.306 e. The first-order chi connectivity index (χ1) is 19.8. The lowest BCUT2D eigenvalue weighted by Gasteiger charge is -2.13. The van der Waals surface area contributed by atoms with Gasteiger partial charge in [-0.1, -0.05) is 30.7 Å². The Bertz CT molecular complexity index is 1640. The Kier molecular flexibility index (Phi) is 9.46. The van der Waals surface area contributed by atoms with Crippen LogP contribution in [0, 0.1) is 6.92 Å². The Morgan fingerprint density at radius 2 is 1.76 bits per heavy atom. The van der Waals surface area contributed by atoms with Crippen LogP contribution in [0.2, 0.25) is 5.02 Å². The number of amides is 1. The second-order valence-electron chi connectivity index (χ2n) is 8.92. The van der Waals surface area contributed by atoms with Gasteiger partial charge in [-0.05, 0) is 31.5 Å². The van der Waals surface area contributed by atoms with Gasteiger partial charge in [-0.2, -0.15) is 0 Å². The van der Waals surface area contributed by atoms with Crippen molar-refractivity contribution in [3.8, 4) is 17.2 Å². The number of aromatic nitrogens is 1. The van der Waals surface area contributed by atoms with E-state index in [1.54, 1.807) is 55.6 Å². The van der Waals surface area contributed by atoms with Gasteiger partial charge in [-0.15, -0.1) is 0 Å². The second kappa shape index (κ2) is 13.2. The van der Waals surface area contributed by atoms with Crippen LogP contribution in [0.5, 0.6) is 17.2 Å². The fourth-order valence-corrected chi connectivity index (χ4v) is 4.27. The van der Waals surface area contributed by atoms with E-state index in [4.69, 9.17) is 35.0 Å². The Balaban J connectivity index is 1.93. The Morgan fingerprint density at radius 3 is 2.39 bits per heavy atom. The van der Waals surface area contributed by atoms with Gasteiger partial charge in [0.25, 0.3) is 5.91 Å². The first kappa shape index (κ1) is 29.4. The number of halogens is 1. The normalized spacial score (nSPS) is 11.3. The van der Waals surface area contributed by atoms with Gasteiger partial charge in [-0.3, -0.25) is 14.6 Å². The van der Waals surface area contributed by atoms with E-state index < -0.39 is 5.91 Å². The molecule has 4 aromatic rings. The van der Waals surface area contributed by atoms with Crippen molar-refractivity contribution >= 4 is 45.8 Å². The highest BCUT2D eigenvalue weighted by atomic mass is 35.5. The molecule has 0 fully saturated rings. The summed E-state index contributed by atoms with van der Waals surface area (Å²) in [5.74, 6) is 0.301. The SMILES string of the molecule is CCCC(=O)OCc1cnc(C)c2oc(=Nc3cc(OC)c(OC)c(OC)c3)c(C(=O)Nc3ccccc3Cl)cc12. The van der Waals surface area contributed by atoms with Crippen molar-refractivity contribution in [2.24, 2.45) is 4.99 Å². The number of benzene rings is 2. The van der Waals surface area contributed by atoms with Gasteiger partial charge in [0, 0.05) is 35.7 Å². The molecule has 2 aromatic carbocycles. The number of anilines is 1. The van der Waals surface area contributed by atoms with Crippen LogP contribution >= 0.6 is 11.6 Å². The van der Waals surface area contributed by atoms with Crippen molar-refractivity contribution < 1.29 is 33.0 Å². The molecule has 0 radical (unpaired) electrons. The fraction of sp³-hybridized carbons (Fsp3) is 0.267. The maximum absolute atomic E-state index is 13.7. The molecule has 2 aromatic heterocycles. The topological polar surface area (TPSA) is 121 Å². The van der Waals surface area contributed by atoms with Gasteiger partial charge in [0.15, 0.2) is 17.1 Å². The molecule has 2 heterocycles. The van der Waals surface area contributed by atoms with Crippen LogP contribution < -0.4 is 25.1 Å². The Labute approximate surface area is 241 Å². The molecule has 10 nitrogen and oxygen atoms in total. The number of fused-ring (bicyclic) bond motifs is 1. The molecule has 0 saturated heterocycles. The third-order valence-electron chi connectivity index (χ3n) is 6.14. The van der Waals surface area contributed by atoms with E-state index in [9.17, 15) is 9.59 Å². The average Bonchev–Trinajstić information content (AvgIpc) is 2.97. The number of carbonyl (C=O) groups is 2. The number of para-hydroxylation sites is 1. The molecule has 0 aliphatic rings. The van der Waals surface area contributed by atoms with Crippen LogP contribution in [0.3, 0.4) is 0 Å². The second-order valence-corrected chi connectivity index (χ2v) is 9.32. The van der Waals surface area contributed by atoms with Crippen LogP contribution in [0.25, 0.3) is 11.0 Å². The minimum Gasteiger partial charge on any atom is -0.493 e. The number of pyridine rings is 1. The molecule has 1 amide bonds. The van der Waals surface area contributed by atoms with E-state index in [-0.39, 0.29) is 23.7 Å². The maximum atomic E-state index is 13.7. The van der Waals surface area contributed by atoms with Crippen molar-refractivity contribution in [1.82, 2.24) is 4.98 Å². The van der Waals surface area contributed by atoms with Crippen molar-refractivity contribution in [1.29, 1.82) is 0 Å². The largest absolute Gasteiger partial charge is 0.493 e. The van der Waals surface area contributed by atoms with Crippen LogP contribution in [-0.2, 0) is 16.1 Å². The van der Waals surface area contributed by atoms with Crippen molar-refractivity contribution in [2.45, 2.75) is 33.3 Å². The fourth-order valence-electron chi connectivity index (χ4n) is 4.08. The van der Waals surface area contributed by atoms with Crippen LogP contribution in [-0.4, -0.2) is 38.2 Å². The molecule has 0 bridgehead atoms. The molecule has 0 unspecified atom stereocenters. The summed E-state index contributed by atoms with van der Waals surface area (Å²) in [4.78, 5) is 34.8. The molecular formula is C30H30ClN3O7. The molecule has 11 heteroatoms. The number of hydrogen-bond acceptors (Lipinski definition) is 9. The van der Waals surface area contributed by atoms with Crippen LogP contribution in [0.1, 0.15) is 41.4 Å². The third-order valence-corrected chi connectivity index (χ3v) is 6.47. The summed E-state index contributed by atoms with van der Waals surface area (Å²) in [7, 11) is 4.49. The minimum absolute atomic E-state index is 0.00125. The molecule has 0 atom stereocenters. The molecular weight excluding hydrogens is 550 g/mol. The maximum Gasteiger partial charge on any atom is 0.306 e. The lowest BCUT2D eigenvalue weighted by Crippen LogP contribution is -2.22. The summed E-state index contributed by atoms with van der Waals surface area (Å²) in [6, 6.07) is 11.8. The highest BCUT2D eigenvalue weighted by molar-refractivity contribution is 6.33. The number of esters is 1. The van der Waals surface area contributed by atoms with E-state index in [0.717, 1.165) is 0 Å². The summed E-state index contributed by atoms with van der Waals surface area (Å²) < 4.78 is 28.0. The summed E-state index contributed by atoms with van der Waals surface area (Å²) >= 11 is 6.30. The first-order valence-corrected chi connectivity index (χ1v) is 13.2. The number of carbonyl (C=O) groups excluding carboxylic acids is 2. The number of methoxy groups -OCH3 is 3. The number of hydrogen-bond donors (Lipinski definition) is 1. The van der Waals surface area contributed by atoms with Crippen molar-refractivity contribution in [2.75, 3.05) is 26.6 Å². The summed E-state index contributed by atoms with van der Waals surface area (Å²) in [6.45, 7) is 3.63. The predicted molar refractivity (Wildman–Crippen MR) is 154 cm³/mol. The van der Waals surface area contributed by atoms with Crippen LogP contribution in [0.4, 0.5) is 11.4 Å². The molecule has 4 rings (SSSR count). The molecule has 0 aliphatic carbocycles. The lowest BCUT2D eigenvalue weighted by atomic mass is 10.1. The van der Waals surface area contributed by atoms with Gasteiger partial charge in [0.05, 0.1) is 43.4 Å². The molecule has 214 valence electrons. The minimum atomic E-state index is -0.515. The van der Waals surface area contributed by atoms with Crippen molar-refractivity contribution in [3.63, 3.8) is 0 Å². The van der Waals surface area contributed by atoms with Gasteiger partial charge in [-0.25, -0.2) is 4.99 Å². The van der Waals surface area contributed by atoms with Crippen LogP contribution in [0.15, 0.2) is 58.1 Å². The number of aryl methyl sites for hydroxylation is 1. The molecule has 1 N–H and O–H groups in total. The van der Waals surface area contributed by atoms with Gasteiger partial charge < -0.3 is 28.7 Å². The Morgan fingerprint density at radius 1 is 1.05 bits per heavy atom. The zero-order chi connectivity index (χ0) is 29.5. The van der Waals surface area contributed by atoms with E-state index in [1.165, 1.54) is 21.3 Å². The summed E-state index contributed by atoms with van der Waals surface area (Å²) in [5.41, 5.74) is 2.42. The zero-order valence-corrected chi connectivity index (χ0v) is 24.1. The van der Waals surface area contributed by atoms with E-state index in [0.29, 0.717) is 68.7 Å². The van der Waals surface area contributed by atoms with E-state index >= 15 is 0 Å². The lowest BCUT2D eigenvalue weighted by molar-refractivity contribution is -0.144. The summed E-state index contributed by atoms with van der Waals surface area (Å²) in [5, 5.41) is 3.74. The number of rotatable bonds is 10. The molecule has 41 heavy (non-hydrogen) atoms. The standard InChI is InChI=1S/C30H30ClN3O7/c1-6-9-26(35)40-16-18-15-32-17(2)27-20(18)14-21(29(36)34-23-11-8-7-10-22(23)31)30(41-27)33-19-12-24(37-3)28(39-5)25(13-19)38-4/h7-8,10-15H,6,9,16H2,1-5H3,(H,34,36). The van der Waals surface area contributed by atoms with Crippen molar-refractivity contribution in [3.05, 3.63) is 76.1 Å². The predicted octanol–water partition coefficient (Wildman–Crippen LogP) is 6.14. The molecule has 0 spiro atoms. The first-order valence-electron chi connectivity index (χ1n) is 12.8. The quantitative estimate of drug-likeness (QED) is 0.222. The van der Waals surface area contributed by atoms with Gasteiger partial charge in [0.2, 0.25) is 11.3 Å². The monoisotopic (exact) mass is 579 g/mol. The molecule has 0 saturated carbocycles.